The smallest absolute Gasteiger partial charge is 0.189 e. The molecule has 0 heterocycles. The third-order valence-electron chi connectivity index (χ3n) is 2.65. The van der Waals surface area contributed by atoms with Gasteiger partial charge in [-0.05, 0) is 18.1 Å². The average molecular weight is 393 g/mol. The summed E-state index contributed by atoms with van der Waals surface area (Å²) < 4.78 is 10.2. The van der Waals surface area contributed by atoms with E-state index in [9.17, 15) is 0 Å². The van der Waals surface area contributed by atoms with E-state index in [2.05, 4.69) is 10.3 Å². The number of halogens is 1. The Morgan fingerprint density at radius 3 is 2.50 bits per heavy atom. The molecule has 1 rings (SSSR count). The van der Waals surface area contributed by atoms with E-state index in [0.29, 0.717) is 25.7 Å². The fraction of sp³-hybridized carbons (Fsp3) is 0.500. The topological polar surface area (TPSA) is 68.9 Å². The SMILES string of the molecule is COCc1ccccc1CN=C(N)NC(C)COC.I. The maximum Gasteiger partial charge on any atom is 0.189 e. The van der Waals surface area contributed by atoms with Crippen LogP contribution in [0.2, 0.25) is 0 Å². The van der Waals surface area contributed by atoms with Crippen LogP contribution in [0, 0.1) is 0 Å². The molecule has 0 spiro atoms. The summed E-state index contributed by atoms with van der Waals surface area (Å²) in [6, 6.07) is 8.18. The third-order valence-corrected chi connectivity index (χ3v) is 2.65. The van der Waals surface area contributed by atoms with Gasteiger partial charge in [0, 0.05) is 20.3 Å². The number of nitrogens with zero attached hydrogens (tertiary/aromatic N) is 1. The van der Waals surface area contributed by atoms with E-state index in [1.54, 1.807) is 14.2 Å². The molecule has 0 saturated heterocycles. The fourth-order valence-corrected chi connectivity index (χ4v) is 1.77. The molecular formula is C14H24IN3O2. The van der Waals surface area contributed by atoms with Gasteiger partial charge in [0.05, 0.1) is 19.8 Å². The lowest BCUT2D eigenvalue weighted by molar-refractivity contribution is 0.179. The maximum atomic E-state index is 5.83. The summed E-state index contributed by atoms with van der Waals surface area (Å²) in [6.07, 6.45) is 0. The average Bonchev–Trinajstić information content (AvgIpc) is 2.38. The lowest BCUT2D eigenvalue weighted by Gasteiger charge is -2.13. The highest BCUT2D eigenvalue weighted by Crippen LogP contribution is 2.10. The van der Waals surface area contributed by atoms with E-state index in [1.807, 2.05) is 31.2 Å². The first kappa shape index (κ1) is 19.1. The first-order valence-electron chi connectivity index (χ1n) is 6.28. The van der Waals surface area contributed by atoms with E-state index in [1.165, 1.54) is 0 Å². The monoisotopic (exact) mass is 393 g/mol. The second kappa shape index (κ2) is 10.9. The van der Waals surface area contributed by atoms with E-state index in [4.69, 9.17) is 15.2 Å². The molecule has 0 radical (unpaired) electrons. The van der Waals surface area contributed by atoms with Crippen LogP contribution in [0.15, 0.2) is 29.3 Å². The van der Waals surface area contributed by atoms with Crippen molar-refractivity contribution in [2.75, 3.05) is 20.8 Å². The minimum Gasteiger partial charge on any atom is -0.383 e. The number of rotatable bonds is 7. The van der Waals surface area contributed by atoms with Gasteiger partial charge in [-0.25, -0.2) is 4.99 Å². The van der Waals surface area contributed by atoms with Crippen LogP contribution in [0.1, 0.15) is 18.1 Å². The zero-order valence-electron chi connectivity index (χ0n) is 12.3. The van der Waals surface area contributed by atoms with E-state index >= 15 is 0 Å². The quantitative estimate of drug-likeness (QED) is 0.422. The number of guanidine groups is 1. The van der Waals surface area contributed by atoms with Gasteiger partial charge >= 0.3 is 0 Å². The summed E-state index contributed by atoms with van der Waals surface area (Å²) in [5.74, 6) is 0.428. The van der Waals surface area contributed by atoms with Gasteiger partial charge in [-0.15, -0.1) is 24.0 Å². The van der Waals surface area contributed by atoms with Gasteiger partial charge in [-0.3, -0.25) is 0 Å². The van der Waals surface area contributed by atoms with Crippen molar-refractivity contribution in [3.63, 3.8) is 0 Å². The Morgan fingerprint density at radius 2 is 1.90 bits per heavy atom. The molecule has 0 fully saturated rings. The molecule has 1 aromatic rings. The standard InChI is InChI=1S/C14H23N3O2.HI/c1-11(9-18-2)17-14(15)16-8-12-6-4-5-7-13(12)10-19-3;/h4-7,11H,8-10H2,1-3H3,(H3,15,16,17);1H. The molecule has 0 amide bonds. The highest BCUT2D eigenvalue weighted by Gasteiger charge is 2.03. The van der Waals surface area contributed by atoms with Crippen LogP contribution in [-0.2, 0) is 22.6 Å². The van der Waals surface area contributed by atoms with Crippen molar-refractivity contribution in [1.82, 2.24) is 5.32 Å². The third kappa shape index (κ3) is 7.06. The molecule has 6 heteroatoms. The molecule has 1 unspecified atom stereocenters. The van der Waals surface area contributed by atoms with Crippen LogP contribution in [0.25, 0.3) is 0 Å². The number of ether oxygens (including phenoxy) is 2. The summed E-state index contributed by atoms with van der Waals surface area (Å²) in [6.45, 7) is 3.71. The van der Waals surface area contributed by atoms with Crippen LogP contribution in [-0.4, -0.2) is 32.8 Å². The number of methoxy groups -OCH3 is 2. The highest BCUT2D eigenvalue weighted by molar-refractivity contribution is 14.0. The van der Waals surface area contributed by atoms with Crippen molar-refractivity contribution >= 4 is 29.9 Å². The molecule has 114 valence electrons. The molecule has 0 aliphatic carbocycles. The van der Waals surface area contributed by atoms with Crippen molar-refractivity contribution < 1.29 is 9.47 Å². The summed E-state index contributed by atoms with van der Waals surface area (Å²) in [5.41, 5.74) is 8.08. The van der Waals surface area contributed by atoms with Gasteiger partial charge in [-0.2, -0.15) is 0 Å². The Labute approximate surface area is 138 Å². The molecule has 5 nitrogen and oxygen atoms in total. The molecule has 0 bridgehead atoms. The van der Waals surface area contributed by atoms with Crippen molar-refractivity contribution in [2.45, 2.75) is 26.1 Å². The molecule has 0 saturated carbocycles. The number of hydrogen-bond acceptors (Lipinski definition) is 3. The van der Waals surface area contributed by atoms with Crippen molar-refractivity contribution in [1.29, 1.82) is 0 Å². The number of benzene rings is 1. The summed E-state index contributed by atoms with van der Waals surface area (Å²) in [7, 11) is 3.34. The van der Waals surface area contributed by atoms with Crippen LogP contribution >= 0.6 is 24.0 Å². The van der Waals surface area contributed by atoms with Gasteiger partial charge in [0.1, 0.15) is 0 Å². The van der Waals surface area contributed by atoms with Crippen LogP contribution < -0.4 is 11.1 Å². The summed E-state index contributed by atoms with van der Waals surface area (Å²) in [4.78, 5) is 4.33. The second-order valence-corrected chi connectivity index (χ2v) is 4.40. The largest absolute Gasteiger partial charge is 0.383 e. The van der Waals surface area contributed by atoms with Crippen LogP contribution in [0.4, 0.5) is 0 Å². The lowest BCUT2D eigenvalue weighted by atomic mass is 10.1. The molecular weight excluding hydrogens is 369 g/mol. The minimum absolute atomic E-state index is 0. The Morgan fingerprint density at radius 1 is 1.25 bits per heavy atom. The van der Waals surface area contributed by atoms with Crippen LogP contribution in [0.5, 0.6) is 0 Å². The zero-order chi connectivity index (χ0) is 14.1. The predicted molar refractivity (Wildman–Crippen MR) is 92.4 cm³/mol. The Balaban J connectivity index is 0.00000361. The molecule has 0 aromatic heterocycles. The first-order chi connectivity index (χ1) is 9.17. The minimum atomic E-state index is 0. The summed E-state index contributed by atoms with van der Waals surface area (Å²) >= 11 is 0. The predicted octanol–water partition coefficient (Wildman–Crippen LogP) is 1.89. The number of nitrogens with two attached hydrogens (primary N) is 1. The first-order valence-corrected chi connectivity index (χ1v) is 6.28. The fourth-order valence-electron chi connectivity index (χ4n) is 1.77. The molecule has 0 aliphatic rings. The second-order valence-electron chi connectivity index (χ2n) is 4.40. The zero-order valence-corrected chi connectivity index (χ0v) is 14.6. The molecule has 0 aliphatic heterocycles. The molecule has 1 atom stereocenters. The Hall–Kier alpha value is -0.860. The van der Waals surface area contributed by atoms with E-state index in [0.717, 1.165) is 11.1 Å². The molecule has 3 N–H and O–H groups in total. The van der Waals surface area contributed by atoms with Gasteiger partial charge in [0.25, 0.3) is 0 Å². The van der Waals surface area contributed by atoms with Gasteiger partial charge in [-0.1, -0.05) is 24.3 Å². The Bertz CT molecular complexity index is 413. The van der Waals surface area contributed by atoms with Gasteiger partial charge in [0.2, 0.25) is 0 Å². The van der Waals surface area contributed by atoms with Crippen molar-refractivity contribution in [3.8, 4) is 0 Å². The van der Waals surface area contributed by atoms with Crippen molar-refractivity contribution in [2.24, 2.45) is 10.7 Å². The van der Waals surface area contributed by atoms with Crippen molar-refractivity contribution in [3.05, 3.63) is 35.4 Å². The normalized spacial score (nSPS) is 12.7. The highest BCUT2D eigenvalue weighted by atomic mass is 127. The van der Waals surface area contributed by atoms with Gasteiger partial charge < -0.3 is 20.5 Å². The van der Waals surface area contributed by atoms with E-state index < -0.39 is 0 Å². The number of aliphatic imine (C=N–C) groups is 1. The molecule has 1 aromatic carbocycles. The number of nitrogens with one attached hydrogen (secondary N) is 1. The number of hydrogen-bond donors (Lipinski definition) is 2. The summed E-state index contributed by atoms with van der Waals surface area (Å²) in [5, 5.41) is 3.07. The Kier molecular flexibility index (Phi) is 10.4. The molecule has 20 heavy (non-hydrogen) atoms. The van der Waals surface area contributed by atoms with Crippen LogP contribution in [0.3, 0.4) is 0 Å². The maximum absolute atomic E-state index is 5.83. The lowest BCUT2D eigenvalue weighted by Crippen LogP contribution is -2.40. The van der Waals surface area contributed by atoms with E-state index in [-0.39, 0.29) is 30.0 Å². The van der Waals surface area contributed by atoms with Gasteiger partial charge in [0.15, 0.2) is 5.96 Å².